The molecule has 0 unspecified atom stereocenters. The van der Waals surface area contributed by atoms with Crippen molar-refractivity contribution in [1.29, 1.82) is 0 Å². The Balaban J connectivity index is -0.000000926. The van der Waals surface area contributed by atoms with E-state index in [0.717, 1.165) is 38.5 Å². The summed E-state index contributed by atoms with van der Waals surface area (Å²) in [5.41, 5.74) is 4.98. The van der Waals surface area contributed by atoms with Crippen molar-refractivity contribution in [3.05, 3.63) is 0 Å². The van der Waals surface area contributed by atoms with Crippen LogP contribution in [-0.4, -0.2) is 57.9 Å². The van der Waals surface area contributed by atoms with Crippen LogP contribution in [0.25, 0.3) is 0 Å². The second-order valence-corrected chi connectivity index (χ2v) is 14.2. The maximum absolute atomic E-state index is 11.7. The number of carboxylic acids is 3. The van der Waals surface area contributed by atoms with E-state index in [4.69, 9.17) is 15.9 Å². The molecule has 0 aromatic carbocycles. The molecule has 13 heteroatoms. The quantitative estimate of drug-likeness (QED) is 0.0458. The van der Waals surface area contributed by atoms with Gasteiger partial charge in [-0.25, -0.2) is 4.79 Å². The number of unbranched alkanes of at least 4 members (excludes halogenated alkanes) is 24. The van der Waals surface area contributed by atoms with Crippen LogP contribution in [0.2, 0.25) is 0 Å². The standard InChI is InChI=1S/C20H38N2O4.C20H37NO5.Na/c1-2-3-4-5-6-7-8-9-10-11-12-13-14-15-19(24)22-17(20(25)26)16-18(21)23;1-2-3-4-5-6-7-8-9-10-11-12-13-14-15-18(22)21-17(20(25)26)16-19(23)24;/h17H,2-16H2,1H3,(H2,21,23)(H,22,24)(H,25,26);17H,2-16H2,1H3,(H,21,22)(H,23,24)(H,25,26);/q;;+1/p-1/t2*17-;/m00./s1. The Morgan fingerprint density at radius 3 is 1.02 bits per heavy atom. The smallest absolute Gasteiger partial charge is 0.548 e. The number of nitrogens with one attached hydrogen (secondary N) is 2. The number of rotatable bonds is 36. The summed E-state index contributed by atoms with van der Waals surface area (Å²) in [5, 5.41) is 32.9. The summed E-state index contributed by atoms with van der Waals surface area (Å²) >= 11 is 0. The number of carbonyl (C=O) groups excluding carboxylic acids is 4. The third-order valence-corrected chi connectivity index (χ3v) is 9.05. The molecule has 0 saturated heterocycles. The Labute approximate surface area is 342 Å². The van der Waals surface area contributed by atoms with Gasteiger partial charge in [-0.1, -0.05) is 168 Å². The van der Waals surface area contributed by atoms with Crippen molar-refractivity contribution < 1.29 is 73.6 Å². The van der Waals surface area contributed by atoms with Crippen molar-refractivity contribution >= 4 is 35.6 Å². The number of carboxylic acid groups (broad SMARTS) is 3. The summed E-state index contributed by atoms with van der Waals surface area (Å²) in [6.07, 6.45) is 31.2. The Bertz CT molecular complexity index is 878. The fourth-order valence-corrected chi connectivity index (χ4v) is 5.91. The van der Waals surface area contributed by atoms with E-state index in [9.17, 15) is 33.9 Å². The number of primary amides is 1. The van der Waals surface area contributed by atoms with E-state index in [-0.39, 0.29) is 48.3 Å². The van der Waals surface area contributed by atoms with Gasteiger partial charge in [-0.3, -0.25) is 19.2 Å². The number of carbonyl (C=O) groups is 6. The molecule has 3 amide bonds. The molecular weight excluding hydrogens is 689 g/mol. The molecule has 0 aliphatic carbocycles. The summed E-state index contributed by atoms with van der Waals surface area (Å²) in [6.45, 7) is 4.47. The molecule has 2 atom stereocenters. The van der Waals surface area contributed by atoms with Gasteiger partial charge in [0.15, 0.2) is 0 Å². The van der Waals surface area contributed by atoms with Gasteiger partial charge in [0.1, 0.15) is 6.04 Å². The first kappa shape index (κ1) is 55.2. The number of aliphatic carboxylic acids is 3. The molecule has 0 rings (SSSR count). The van der Waals surface area contributed by atoms with Gasteiger partial charge in [0.05, 0.1) is 24.9 Å². The van der Waals surface area contributed by atoms with Gasteiger partial charge in [0.2, 0.25) is 17.7 Å². The molecule has 304 valence electrons. The normalized spacial score (nSPS) is 11.7. The summed E-state index contributed by atoms with van der Waals surface area (Å²) in [7, 11) is 0. The van der Waals surface area contributed by atoms with E-state index < -0.39 is 48.2 Å². The Kier molecular flexibility index (Phi) is 42.7. The van der Waals surface area contributed by atoms with Gasteiger partial charge in [-0.15, -0.1) is 0 Å². The largest absolute Gasteiger partial charge is 1.00 e. The Hall–Kier alpha value is -2.18. The molecule has 0 bridgehead atoms. The van der Waals surface area contributed by atoms with Crippen LogP contribution >= 0.6 is 0 Å². The molecule has 0 heterocycles. The average Bonchev–Trinajstić information content (AvgIpc) is 3.08. The predicted octanol–water partition coefficient (Wildman–Crippen LogP) is 4.09. The molecule has 0 aliphatic rings. The van der Waals surface area contributed by atoms with Crippen LogP contribution in [0.4, 0.5) is 0 Å². The predicted molar refractivity (Wildman–Crippen MR) is 203 cm³/mol. The van der Waals surface area contributed by atoms with Gasteiger partial charge in [-0.05, 0) is 12.8 Å². The minimum Gasteiger partial charge on any atom is -0.548 e. The number of hydrogen-bond donors (Lipinski definition) is 5. The van der Waals surface area contributed by atoms with Gasteiger partial charge in [0, 0.05) is 12.8 Å². The molecule has 0 radical (unpaired) electrons. The second-order valence-electron chi connectivity index (χ2n) is 14.2. The van der Waals surface area contributed by atoms with E-state index in [1.54, 1.807) is 0 Å². The van der Waals surface area contributed by atoms with Crippen LogP contribution in [0.1, 0.15) is 206 Å². The first-order chi connectivity index (χ1) is 24.9. The summed E-state index contributed by atoms with van der Waals surface area (Å²) < 4.78 is 0. The van der Waals surface area contributed by atoms with E-state index in [2.05, 4.69) is 24.5 Å². The Morgan fingerprint density at radius 2 is 0.774 bits per heavy atom. The maximum atomic E-state index is 11.7. The monoisotopic (exact) mass is 764 g/mol. The number of nitrogens with two attached hydrogens (primary N) is 1. The van der Waals surface area contributed by atoms with Crippen molar-refractivity contribution in [2.75, 3.05) is 0 Å². The van der Waals surface area contributed by atoms with Crippen molar-refractivity contribution in [2.24, 2.45) is 5.73 Å². The van der Waals surface area contributed by atoms with E-state index in [1.165, 1.54) is 122 Å². The van der Waals surface area contributed by atoms with Crippen LogP contribution in [0.5, 0.6) is 0 Å². The first-order valence-electron chi connectivity index (χ1n) is 20.5. The molecule has 0 aromatic heterocycles. The van der Waals surface area contributed by atoms with E-state index >= 15 is 0 Å². The van der Waals surface area contributed by atoms with Crippen molar-refractivity contribution in [3.63, 3.8) is 0 Å². The molecule has 6 N–H and O–H groups in total. The molecule has 0 fully saturated rings. The van der Waals surface area contributed by atoms with Gasteiger partial charge < -0.3 is 36.5 Å². The Morgan fingerprint density at radius 1 is 0.491 bits per heavy atom. The third-order valence-electron chi connectivity index (χ3n) is 9.05. The third kappa shape index (κ3) is 42.4. The van der Waals surface area contributed by atoms with Crippen molar-refractivity contribution in [1.82, 2.24) is 10.6 Å². The van der Waals surface area contributed by atoms with Crippen LogP contribution in [-0.2, 0) is 28.8 Å². The van der Waals surface area contributed by atoms with Crippen molar-refractivity contribution in [2.45, 2.75) is 219 Å². The van der Waals surface area contributed by atoms with Crippen molar-refractivity contribution in [3.8, 4) is 0 Å². The van der Waals surface area contributed by atoms with E-state index in [1.807, 2.05) is 0 Å². The van der Waals surface area contributed by atoms with Crippen LogP contribution in [0.3, 0.4) is 0 Å². The zero-order valence-electron chi connectivity index (χ0n) is 33.7. The molecule has 0 saturated carbocycles. The average molecular weight is 764 g/mol. The molecular formula is C40H74N3NaO9. The van der Waals surface area contributed by atoms with Gasteiger partial charge in [0.25, 0.3) is 0 Å². The van der Waals surface area contributed by atoms with Gasteiger partial charge in [-0.2, -0.15) is 0 Å². The topological polar surface area (TPSA) is 216 Å². The van der Waals surface area contributed by atoms with Gasteiger partial charge >= 0.3 is 41.5 Å². The maximum Gasteiger partial charge on any atom is 1.00 e. The summed E-state index contributed by atoms with van der Waals surface area (Å²) in [4.78, 5) is 66.4. The van der Waals surface area contributed by atoms with E-state index in [0.29, 0.717) is 12.8 Å². The minimum absolute atomic E-state index is 0. The van der Waals surface area contributed by atoms with Crippen LogP contribution < -0.4 is 51.0 Å². The number of amides is 3. The number of hydrogen-bond acceptors (Lipinski definition) is 7. The first-order valence-corrected chi connectivity index (χ1v) is 20.5. The zero-order valence-corrected chi connectivity index (χ0v) is 35.7. The second kappa shape index (κ2) is 41.0. The summed E-state index contributed by atoms with van der Waals surface area (Å²) in [5.74, 6) is -5.57. The molecule has 0 aliphatic heterocycles. The fraction of sp³-hybridized carbons (Fsp3) is 0.850. The zero-order chi connectivity index (χ0) is 39.2. The molecule has 0 spiro atoms. The molecule has 12 nitrogen and oxygen atoms in total. The minimum atomic E-state index is -1.56. The molecule has 53 heavy (non-hydrogen) atoms. The molecule has 0 aromatic rings. The SMILES string of the molecule is CCCCCCCCCCCCCCCC(=O)N[C@@H](CC(=O)O)C(=O)[O-].CCCCCCCCCCCCCCCC(=O)N[C@@H](CC(N)=O)C(=O)O.[Na+]. The van der Waals surface area contributed by atoms with Crippen LogP contribution in [0.15, 0.2) is 0 Å². The summed E-state index contributed by atoms with van der Waals surface area (Å²) in [6, 6.07) is -2.68. The van der Waals surface area contributed by atoms with Crippen LogP contribution in [0, 0.1) is 0 Å². The fourth-order valence-electron chi connectivity index (χ4n) is 5.91.